The molecule has 0 bridgehead atoms. The van der Waals surface area contributed by atoms with Gasteiger partial charge in [-0.25, -0.2) is 4.98 Å². The fourth-order valence-corrected chi connectivity index (χ4v) is 2.64. The van der Waals surface area contributed by atoms with Gasteiger partial charge in [-0.05, 0) is 24.3 Å². The van der Waals surface area contributed by atoms with E-state index in [1.807, 2.05) is 59.3 Å². The molecule has 2 aromatic heterocycles. The number of nitrogen functional groups attached to an aromatic ring is 1. The topological polar surface area (TPSA) is 95.8 Å². The molecule has 8 nitrogen and oxygen atoms in total. The van der Waals surface area contributed by atoms with Gasteiger partial charge in [0.25, 0.3) is 0 Å². The van der Waals surface area contributed by atoms with Crippen molar-refractivity contribution in [3.63, 3.8) is 0 Å². The minimum atomic E-state index is 0.306. The van der Waals surface area contributed by atoms with Crippen molar-refractivity contribution in [3.8, 4) is 17.1 Å². The molecular formula is C18H17N7O. The van der Waals surface area contributed by atoms with E-state index < -0.39 is 0 Å². The van der Waals surface area contributed by atoms with Crippen molar-refractivity contribution in [1.82, 2.24) is 24.3 Å². The van der Waals surface area contributed by atoms with Crippen molar-refractivity contribution in [1.29, 1.82) is 0 Å². The van der Waals surface area contributed by atoms with Crippen LogP contribution in [0, 0.1) is 0 Å². The van der Waals surface area contributed by atoms with Crippen molar-refractivity contribution in [2.24, 2.45) is 0 Å². The maximum atomic E-state index is 5.99. The van der Waals surface area contributed by atoms with Gasteiger partial charge in [-0.2, -0.15) is 9.67 Å². The highest BCUT2D eigenvalue weighted by Crippen LogP contribution is 2.28. The maximum absolute atomic E-state index is 5.99. The Balaban J connectivity index is 1.62. The van der Waals surface area contributed by atoms with Crippen LogP contribution in [0.2, 0.25) is 0 Å². The normalized spacial score (nSPS) is 10.7. The zero-order valence-electron chi connectivity index (χ0n) is 14.1. The molecule has 0 saturated heterocycles. The lowest BCUT2D eigenvalue weighted by Crippen LogP contribution is -2.02. The van der Waals surface area contributed by atoms with Crippen LogP contribution < -0.4 is 15.8 Å². The fourth-order valence-electron chi connectivity index (χ4n) is 2.64. The average molecular weight is 347 g/mol. The molecule has 2 heterocycles. The van der Waals surface area contributed by atoms with E-state index in [1.165, 1.54) is 0 Å². The molecule has 130 valence electrons. The molecule has 0 aliphatic carbocycles. The number of para-hydroxylation sites is 1. The number of hydrogen-bond acceptors (Lipinski definition) is 6. The molecule has 0 unspecified atom stereocenters. The van der Waals surface area contributed by atoms with Crippen molar-refractivity contribution in [2.75, 3.05) is 18.2 Å². The molecule has 0 radical (unpaired) electrons. The Hall–Kier alpha value is -3.81. The molecule has 0 aliphatic rings. The molecule has 26 heavy (non-hydrogen) atoms. The van der Waals surface area contributed by atoms with Crippen molar-refractivity contribution in [2.45, 2.75) is 0 Å². The lowest BCUT2D eigenvalue weighted by atomic mass is 10.2. The van der Waals surface area contributed by atoms with Crippen LogP contribution in [0.25, 0.3) is 11.4 Å². The molecule has 0 saturated carbocycles. The summed E-state index contributed by atoms with van der Waals surface area (Å²) < 4.78 is 8.95. The second-order valence-corrected chi connectivity index (χ2v) is 5.52. The van der Waals surface area contributed by atoms with Crippen LogP contribution in [0.1, 0.15) is 0 Å². The van der Waals surface area contributed by atoms with Crippen molar-refractivity contribution in [3.05, 3.63) is 67.3 Å². The van der Waals surface area contributed by atoms with Crippen molar-refractivity contribution >= 4 is 17.6 Å². The first-order valence-electron chi connectivity index (χ1n) is 7.96. The number of nitrogens with two attached hydrogens (primary N) is 1. The number of nitrogens with zero attached hydrogens (tertiary/aromatic N) is 5. The Kier molecular flexibility index (Phi) is 3.98. The number of nitrogens with one attached hydrogen (secondary N) is 1. The van der Waals surface area contributed by atoms with Gasteiger partial charge in [0.1, 0.15) is 5.75 Å². The molecule has 3 N–H and O–H groups in total. The van der Waals surface area contributed by atoms with E-state index >= 15 is 0 Å². The lowest BCUT2D eigenvalue weighted by Gasteiger charge is -2.11. The van der Waals surface area contributed by atoms with Crippen LogP contribution >= 0.6 is 0 Å². The smallest absolute Gasteiger partial charge is 0.248 e. The summed E-state index contributed by atoms with van der Waals surface area (Å²) in [4.78, 5) is 8.33. The third-order valence-corrected chi connectivity index (χ3v) is 3.85. The van der Waals surface area contributed by atoms with Crippen LogP contribution in [0.4, 0.5) is 17.6 Å². The number of rotatable bonds is 5. The van der Waals surface area contributed by atoms with Gasteiger partial charge in [0.05, 0.1) is 24.8 Å². The predicted molar refractivity (Wildman–Crippen MR) is 99.2 cm³/mol. The Bertz CT molecular complexity index is 1010. The lowest BCUT2D eigenvalue weighted by molar-refractivity contribution is 0.413. The first-order chi connectivity index (χ1) is 12.7. The van der Waals surface area contributed by atoms with E-state index in [1.54, 1.807) is 24.3 Å². The summed E-state index contributed by atoms with van der Waals surface area (Å²) in [5, 5.41) is 7.57. The number of imidazole rings is 1. The van der Waals surface area contributed by atoms with E-state index in [0.717, 1.165) is 17.1 Å². The van der Waals surface area contributed by atoms with Gasteiger partial charge < -0.3 is 20.4 Å². The number of hydrogen-bond donors (Lipinski definition) is 2. The average Bonchev–Trinajstić information content (AvgIpc) is 3.32. The standard InChI is InChI=1S/C18H17N7O/c1-26-16-11-13(7-8-15(16)24-10-9-20-12-24)21-18-22-17(19)25(23-18)14-5-3-2-4-6-14/h2-12H,1H3,(H3,19,21,22,23). The Morgan fingerprint density at radius 1 is 1.12 bits per heavy atom. The van der Waals surface area contributed by atoms with E-state index in [-0.39, 0.29) is 0 Å². The highest BCUT2D eigenvalue weighted by molar-refractivity contribution is 5.62. The summed E-state index contributed by atoms with van der Waals surface area (Å²) in [6.07, 6.45) is 5.29. The van der Waals surface area contributed by atoms with Gasteiger partial charge in [0.15, 0.2) is 0 Å². The van der Waals surface area contributed by atoms with Crippen LogP contribution in [0.5, 0.6) is 5.75 Å². The van der Waals surface area contributed by atoms with Gasteiger partial charge in [-0.3, -0.25) is 0 Å². The van der Waals surface area contributed by atoms with Crippen LogP contribution in [0.3, 0.4) is 0 Å². The number of anilines is 3. The van der Waals surface area contributed by atoms with Gasteiger partial charge >= 0.3 is 0 Å². The summed E-state index contributed by atoms with van der Waals surface area (Å²) in [6.45, 7) is 0. The summed E-state index contributed by atoms with van der Waals surface area (Å²) >= 11 is 0. The van der Waals surface area contributed by atoms with Crippen LogP contribution in [-0.4, -0.2) is 31.4 Å². The predicted octanol–water partition coefficient (Wildman–Crippen LogP) is 2.79. The number of methoxy groups -OCH3 is 1. The van der Waals surface area contributed by atoms with E-state index in [2.05, 4.69) is 20.4 Å². The zero-order chi connectivity index (χ0) is 17.9. The van der Waals surface area contributed by atoms with E-state index in [9.17, 15) is 0 Å². The quantitative estimate of drug-likeness (QED) is 0.576. The van der Waals surface area contributed by atoms with Crippen LogP contribution in [0.15, 0.2) is 67.3 Å². The minimum absolute atomic E-state index is 0.306. The van der Waals surface area contributed by atoms with Gasteiger partial charge in [-0.1, -0.05) is 18.2 Å². The Labute approximate surface area is 149 Å². The highest BCUT2D eigenvalue weighted by atomic mass is 16.5. The number of aromatic nitrogens is 5. The van der Waals surface area contributed by atoms with Gasteiger partial charge in [0.2, 0.25) is 11.9 Å². The summed E-state index contributed by atoms with van der Waals surface area (Å²) in [7, 11) is 1.62. The number of ether oxygens (including phenoxy) is 1. The van der Waals surface area contributed by atoms with Gasteiger partial charge in [-0.15, -0.1) is 5.10 Å². The molecule has 0 fully saturated rings. The van der Waals surface area contributed by atoms with Crippen LogP contribution in [-0.2, 0) is 0 Å². The van der Waals surface area contributed by atoms with E-state index in [0.29, 0.717) is 17.6 Å². The molecule has 0 amide bonds. The molecule has 0 aliphatic heterocycles. The van der Waals surface area contributed by atoms with E-state index in [4.69, 9.17) is 10.5 Å². The monoisotopic (exact) mass is 347 g/mol. The fraction of sp³-hybridized carbons (Fsp3) is 0.0556. The summed E-state index contributed by atoms with van der Waals surface area (Å²) in [5.41, 5.74) is 8.51. The third kappa shape index (κ3) is 2.95. The second kappa shape index (κ2) is 6.60. The largest absolute Gasteiger partial charge is 0.494 e. The zero-order valence-corrected chi connectivity index (χ0v) is 14.1. The minimum Gasteiger partial charge on any atom is -0.494 e. The summed E-state index contributed by atoms with van der Waals surface area (Å²) in [6, 6.07) is 15.3. The first-order valence-corrected chi connectivity index (χ1v) is 7.96. The Morgan fingerprint density at radius 2 is 1.96 bits per heavy atom. The van der Waals surface area contributed by atoms with Crippen molar-refractivity contribution < 1.29 is 4.74 Å². The maximum Gasteiger partial charge on any atom is 0.248 e. The second-order valence-electron chi connectivity index (χ2n) is 5.52. The third-order valence-electron chi connectivity index (χ3n) is 3.85. The Morgan fingerprint density at radius 3 is 2.69 bits per heavy atom. The molecule has 0 atom stereocenters. The molecule has 0 spiro atoms. The number of benzene rings is 2. The molecule has 4 aromatic rings. The molecular weight excluding hydrogens is 330 g/mol. The van der Waals surface area contributed by atoms with Gasteiger partial charge in [0, 0.05) is 24.1 Å². The molecule has 4 rings (SSSR count). The molecule has 2 aromatic carbocycles. The summed E-state index contributed by atoms with van der Waals surface area (Å²) in [5.74, 6) is 1.41. The molecule has 8 heteroatoms. The first kappa shape index (κ1) is 15.7. The highest BCUT2D eigenvalue weighted by Gasteiger charge is 2.11. The SMILES string of the molecule is COc1cc(Nc2nc(N)n(-c3ccccc3)n2)ccc1-n1ccnc1.